The Kier molecular flexibility index (Phi) is 5.67. The number of rotatable bonds is 5. The number of ether oxygens (including phenoxy) is 1. The lowest BCUT2D eigenvalue weighted by molar-refractivity contribution is 0.332. The van der Waals surface area contributed by atoms with E-state index in [1.54, 1.807) is 7.11 Å². The van der Waals surface area contributed by atoms with Crippen molar-refractivity contribution in [1.29, 1.82) is 0 Å². The summed E-state index contributed by atoms with van der Waals surface area (Å²) in [7, 11) is 3.73. The van der Waals surface area contributed by atoms with Gasteiger partial charge in [0.25, 0.3) is 0 Å². The minimum atomic E-state index is 0.340. The summed E-state index contributed by atoms with van der Waals surface area (Å²) in [6.45, 7) is 6.83. The fraction of sp³-hybridized carbons (Fsp3) is 0.600. The number of hydrogen-bond acceptors (Lipinski definition) is 2. The minimum absolute atomic E-state index is 0.340. The molecule has 0 aliphatic heterocycles. The molecular formula is C15H24BrNO. The molecule has 1 rings (SSSR count). The molecule has 1 aromatic rings. The van der Waals surface area contributed by atoms with Crippen LogP contribution in [0.3, 0.4) is 0 Å². The lowest BCUT2D eigenvalue weighted by Gasteiger charge is -2.24. The minimum Gasteiger partial charge on any atom is -0.496 e. The fourth-order valence-electron chi connectivity index (χ4n) is 2.01. The molecular weight excluding hydrogens is 290 g/mol. The Labute approximate surface area is 119 Å². The highest BCUT2D eigenvalue weighted by Crippen LogP contribution is 2.33. The highest BCUT2D eigenvalue weighted by atomic mass is 79.9. The van der Waals surface area contributed by atoms with E-state index in [4.69, 9.17) is 4.74 Å². The second-order valence-electron chi connectivity index (χ2n) is 5.83. The zero-order valence-electron chi connectivity index (χ0n) is 12.0. The van der Waals surface area contributed by atoms with Crippen LogP contribution in [0.2, 0.25) is 0 Å². The molecule has 2 nitrogen and oxygen atoms in total. The molecule has 0 aliphatic carbocycles. The first-order valence-corrected chi connectivity index (χ1v) is 7.17. The molecule has 0 amide bonds. The highest BCUT2D eigenvalue weighted by Gasteiger charge is 2.18. The molecule has 0 saturated heterocycles. The van der Waals surface area contributed by atoms with Crippen molar-refractivity contribution in [3.8, 4) is 5.75 Å². The number of methoxy groups -OCH3 is 1. The fourth-order valence-corrected chi connectivity index (χ4v) is 2.35. The molecule has 0 aromatic heterocycles. The van der Waals surface area contributed by atoms with Crippen LogP contribution in [0.25, 0.3) is 0 Å². The molecule has 0 fully saturated rings. The monoisotopic (exact) mass is 313 g/mol. The predicted octanol–water partition coefficient (Wildman–Crippen LogP) is 4.54. The van der Waals surface area contributed by atoms with Crippen LogP contribution in [0.4, 0.5) is 0 Å². The summed E-state index contributed by atoms with van der Waals surface area (Å²) < 4.78 is 6.52. The van der Waals surface area contributed by atoms with Crippen LogP contribution in [-0.4, -0.2) is 14.2 Å². The highest BCUT2D eigenvalue weighted by molar-refractivity contribution is 9.10. The van der Waals surface area contributed by atoms with E-state index in [1.807, 2.05) is 13.1 Å². The van der Waals surface area contributed by atoms with Gasteiger partial charge in [-0.05, 0) is 37.4 Å². The summed E-state index contributed by atoms with van der Waals surface area (Å²) in [6.07, 6.45) is 2.29. The zero-order valence-corrected chi connectivity index (χ0v) is 13.6. The Morgan fingerprint density at radius 1 is 1.33 bits per heavy atom. The van der Waals surface area contributed by atoms with Gasteiger partial charge in [-0.15, -0.1) is 0 Å². The van der Waals surface area contributed by atoms with Gasteiger partial charge in [-0.25, -0.2) is 0 Å². The quantitative estimate of drug-likeness (QED) is 0.861. The predicted molar refractivity (Wildman–Crippen MR) is 81.2 cm³/mol. The topological polar surface area (TPSA) is 21.3 Å². The maximum Gasteiger partial charge on any atom is 0.124 e. The molecule has 3 heteroatoms. The molecule has 1 unspecified atom stereocenters. The van der Waals surface area contributed by atoms with Crippen molar-refractivity contribution in [2.45, 2.75) is 39.7 Å². The number of halogens is 1. The second kappa shape index (κ2) is 6.58. The van der Waals surface area contributed by atoms with E-state index >= 15 is 0 Å². The first-order valence-electron chi connectivity index (χ1n) is 6.38. The second-order valence-corrected chi connectivity index (χ2v) is 6.74. The van der Waals surface area contributed by atoms with Gasteiger partial charge in [0, 0.05) is 16.1 Å². The summed E-state index contributed by atoms with van der Waals surface area (Å²) in [4.78, 5) is 0. The standard InChI is InChI=1S/C15H24BrNO/c1-15(2,3)9-8-13(17-4)12-7-6-11(16)10-14(12)18-5/h6-7,10,13,17H,8-9H2,1-5H3. The van der Waals surface area contributed by atoms with E-state index in [9.17, 15) is 0 Å². The van der Waals surface area contributed by atoms with Crippen LogP contribution in [0.1, 0.15) is 45.2 Å². The van der Waals surface area contributed by atoms with E-state index in [-0.39, 0.29) is 0 Å². The Hall–Kier alpha value is -0.540. The third-order valence-corrected chi connectivity index (χ3v) is 3.60. The third kappa shape index (κ3) is 4.62. The number of hydrogen-bond donors (Lipinski definition) is 1. The average molecular weight is 314 g/mol. The van der Waals surface area contributed by atoms with Crippen LogP contribution in [0.5, 0.6) is 5.75 Å². The summed E-state index contributed by atoms with van der Waals surface area (Å²) in [5.74, 6) is 0.942. The SMILES string of the molecule is CNC(CCC(C)(C)C)c1ccc(Br)cc1OC. The average Bonchev–Trinajstić information content (AvgIpc) is 2.29. The van der Waals surface area contributed by atoms with Crippen molar-refractivity contribution >= 4 is 15.9 Å². The van der Waals surface area contributed by atoms with E-state index in [1.165, 1.54) is 12.0 Å². The largest absolute Gasteiger partial charge is 0.496 e. The van der Waals surface area contributed by atoms with Crippen LogP contribution in [-0.2, 0) is 0 Å². The van der Waals surface area contributed by atoms with E-state index < -0.39 is 0 Å². The first kappa shape index (κ1) is 15.5. The van der Waals surface area contributed by atoms with Gasteiger partial charge >= 0.3 is 0 Å². The lowest BCUT2D eigenvalue weighted by Crippen LogP contribution is -2.19. The van der Waals surface area contributed by atoms with Gasteiger partial charge in [-0.1, -0.05) is 42.8 Å². The molecule has 1 aromatic carbocycles. The Morgan fingerprint density at radius 2 is 2.00 bits per heavy atom. The number of benzene rings is 1. The van der Waals surface area contributed by atoms with Crippen LogP contribution >= 0.6 is 15.9 Å². The maximum absolute atomic E-state index is 5.47. The van der Waals surface area contributed by atoms with Crippen molar-refractivity contribution in [1.82, 2.24) is 5.32 Å². The molecule has 18 heavy (non-hydrogen) atoms. The van der Waals surface area contributed by atoms with Gasteiger partial charge in [0.05, 0.1) is 7.11 Å². The van der Waals surface area contributed by atoms with Crippen molar-refractivity contribution < 1.29 is 4.74 Å². The molecule has 102 valence electrons. The Morgan fingerprint density at radius 3 is 2.50 bits per heavy atom. The van der Waals surface area contributed by atoms with E-state index in [0.29, 0.717) is 11.5 Å². The van der Waals surface area contributed by atoms with Crippen molar-refractivity contribution in [2.24, 2.45) is 5.41 Å². The van der Waals surface area contributed by atoms with Crippen LogP contribution < -0.4 is 10.1 Å². The van der Waals surface area contributed by atoms with Crippen molar-refractivity contribution in [3.63, 3.8) is 0 Å². The molecule has 0 radical (unpaired) electrons. The maximum atomic E-state index is 5.47. The number of nitrogens with one attached hydrogen (secondary N) is 1. The normalized spacial score (nSPS) is 13.4. The van der Waals surface area contributed by atoms with Crippen LogP contribution in [0.15, 0.2) is 22.7 Å². The summed E-state index contributed by atoms with van der Waals surface area (Å²) in [5, 5.41) is 3.39. The zero-order chi connectivity index (χ0) is 13.8. The summed E-state index contributed by atoms with van der Waals surface area (Å²) >= 11 is 3.48. The molecule has 0 saturated carbocycles. The van der Waals surface area contributed by atoms with Gasteiger partial charge < -0.3 is 10.1 Å². The van der Waals surface area contributed by atoms with E-state index in [0.717, 1.165) is 16.6 Å². The molecule has 0 heterocycles. The van der Waals surface area contributed by atoms with Crippen molar-refractivity contribution in [3.05, 3.63) is 28.2 Å². The Balaban J connectivity index is 2.88. The van der Waals surface area contributed by atoms with Crippen LogP contribution in [0, 0.1) is 5.41 Å². The van der Waals surface area contributed by atoms with Gasteiger partial charge in [0.2, 0.25) is 0 Å². The molecule has 1 N–H and O–H groups in total. The van der Waals surface area contributed by atoms with Gasteiger partial charge in [0.15, 0.2) is 0 Å². The van der Waals surface area contributed by atoms with Gasteiger partial charge in [-0.3, -0.25) is 0 Å². The van der Waals surface area contributed by atoms with E-state index in [2.05, 4.69) is 54.2 Å². The third-order valence-electron chi connectivity index (χ3n) is 3.10. The molecule has 0 bridgehead atoms. The van der Waals surface area contributed by atoms with Crippen molar-refractivity contribution in [2.75, 3.05) is 14.2 Å². The summed E-state index contributed by atoms with van der Waals surface area (Å²) in [6, 6.07) is 6.57. The summed E-state index contributed by atoms with van der Waals surface area (Å²) in [5.41, 5.74) is 1.59. The Bertz CT molecular complexity index is 385. The molecule has 1 atom stereocenters. The molecule has 0 aliphatic rings. The van der Waals surface area contributed by atoms with Gasteiger partial charge in [-0.2, -0.15) is 0 Å². The van der Waals surface area contributed by atoms with Gasteiger partial charge in [0.1, 0.15) is 5.75 Å². The first-order chi connectivity index (χ1) is 8.37. The molecule has 0 spiro atoms. The smallest absolute Gasteiger partial charge is 0.124 e. The lowest BCUT2D eigenvalue weighted by atomic mass is 9.87.